The molecule has 0 aliphatic carbocycles. The lowest BCUT2D eigenvalue weighted by atomic mass is 10.0. The normalized spacial score (nSPS) is 11.8. The van der Waals surface area contributed by atoms with Crippen LogP contribution in [0.3, 0.4) is 0 Å². The van der Waals surface area contributed by atoms with E-state index in [4.69, 9.17) is 11.6 Å². The van der Waals surface area contributed by atoms with Gasteiger partial charge in [0.25, 0.3) is 0 Å². The van der Waals surface area contributed by atoms with Gasteiger partial charge in [-0.15, -0.1) is 11.6 Å². The summed E-state index contributed by atoms with van der Waals surface area (Å²) < 4.78 is 12.9. The Morgan fingerprint density at radius 3 is 2.29 bits per heavy atom. The summed E-state index contributed by atoms with van der Waals surface area (Å²) in [5.74, 6) is -0.886. The zero-order valence-corrected chi connectivity index (χ0v) is 13.9. The van der Waals surface area contributed by atoms with Crippen molar-refractivity contribution in [1.82, 2.24) is 5.32 Å². The quantitative estimate of drug-likeness (QED) is 0.745. The monoisotopic (exact) mass is 347 g/mol. The Morgan fingerprint density at radius 1 is 1.00 bits per heavy atom. The van der Waals surface area contributed by atoms with Crippen molar-refractivity contribution in [1.29, 1.82) is 0 Å². The van der Waals surface area contributed by atoms with E-state index in [1.54, 1.807) is 12.1 Å². The molecule has 0 saturated heterocycles. The second-order valence-corrected chi connectivity index (χ2v) is 5.80. The summed E-state index contributed by atoms with van der Waals surface area (Å²) in [5, 5.41) is 2.75. The van der Waals surface area contributed by atoms with Crippen molar-refractivity contribution < 1.29 is 14.0 Å². The molecule has 24 heavy (non-hydrogen) atoms. The summed E-state index contributed by atoms with van der Waals surface area (Å²) in [4.78, 5) is 24.1. The number of nitrogens with one attached hydrogen (secondary N) is 1. The number of hydrogen-bond acceptors (Lipinski definition) is 2. The molecule has 1 atom stereocenters. The van der Waals surface area contributed by atoms with Gasteiger partial charge in [-0.1, -0.05) is 42.5 Å². The molecule has 126 valence electrons. The standard InChI is InChI=1S/C19H19ClFNO2/c20-13-18(23)17(12-15-4-2-1-3-5-15)22-19(24)11-8-14-6-9-16(21)10-7-14/h1-7,9-10,17H,8,11-13H2,(H,22,24)/t17-/m0/s1. The Labute approximate surface area is 145 Å². The number of carbonyl (C=O) groups excluding carboxylic acids is 2. The molecule has 1 N–H and O–H groups in total. The summed E-state index contributed by atoms with van der Waals surface area (Å²) in [7, 11) is 0. The van der Waals surface area contributed by atoms with E-state index in [0.717, 1.165) is 11.1 Å². The van der Waals surface area contributed by atoms with E-state index >= 15 is 0 Å². The van der Waals surface area contributed by atoms with Crippen LogP contribution in [0, 0.1) is 5.82 Å². The number of alkyl halides is 1. The average molecular weight is 348 g/mol. The van der Waals surface area contributed by atoms with E-state index in [9.17, 15) is 14.0 Å². The number of hydrogen-bond donors (Lipinski definition) is 1. The van der Waals surface area contributed by atoms with Gasteiger partial charge in [0.2, 0.25) is 5.91 Å². The third kappa shape index (κ3) is 5.78. The van der Waals surface area contributed by atoms with Crippen LogP contribution in [0.5, 0.6) is 0 Å². The van der Waals surface area contributed by atoms with Crippen LogP contribution in [-0.4, -0.2) is 23.6 Å². The van der Waals surface area contributed by atoms with E-state index in [-0.39, 0.29) is 29.8 Å². The Morgan fingerprint density at radius 2 is 1.67 bits per heavy atom. The fourth-order valence-corrected chi connectivity index (χ4v) is 2.55. The molecule has 0 fully saturated rings. The van der Waals surface area contributed by atoms with Crippen molar-refractivity contribution in [2.24, 2.45) is 0 Å². The number of halogens is 2. The molecular formula is C19H19ClFNO2. The summed E-state index contributed by atoms with van der Waals surface area (Å²) in [6.07, 6.45) is 1.13. The SMILES string of the molecule is O=C(CCc1ccc(F)cc1)N[C@@H](Cc1ccccc1)C(=O)CCl. The van der Waals surface area contributed by atoms with Gasteiger partial charge < -0.3 is 5.32 Å². The number of carbonyl (C=O) groups is 2. The lowest BCUT2D eigenvalue weighted by molar-refractivity contribution is -0.126. The second kappa shape index (κ2) is 9.18. The zero-order valence-electron chi connectivity index (χ0n) is 13.2. The van der Waals surface area contributed by atoms with Crippen molar-refractivity contribution in [3.63, 3.8) is 0 Å². The molecule has 0 unspecified atom stereocenters. The third-order valence-corrected chi connectivity index (χ3v) is 3.96. The van der Waals surface area contributed by atoms with E-state index in [0.29, 0.717) is 12.8 Å². The predicted octanol–water partition coefficient (Wildman–Crippen LogP) is 3.29. The molecule has 0 bridgehead atoms. The summed E-state index contributed by atoms with van der Waals surface area (Å²) in [6.45, 7) is 0. The van der Waals surface area contributed by atoms with Crippen molar-refractivity contribution >= 4 is 23.3 Å². The molecular weight excluding hydrogens is 329 g/mol. The van der Waals surface area contributed by atoms with Crippen LogP contribution in [0.25, 0.3) is 0 Å². The summed E-state index contributed by atoms with van der Waals surface area (Å²) in [5.41, 5.74) is 1.83. The van der Waals surface area contributed by atoms with Gasteiger partial charge in [-0.25, -0.2) is 4.39 Å². The second-order valence-electron chi connectivity index (χ2n) is 5.54. The Hall–Kier alpha value is -2.20. The highest BCUT2D eigenvalue weighted by molar-refractivity contribution is 6.28. The maximum Gasteiger partial charge on any atom is 0.220 e. The first-order chi connectivity index (χ1) is 11.6. The van der Waals surface area contributed by atoms with Crippen LogP contribution in [0.15, 0.2) is 54.6 Å². The van der Waals surface area contributed by atoms with Gasteiger partial charge in [-0.2, -0.15) is 0 Å². The minimum absolute atomic E-state index is 0.143. The molecule has 0 aliphatic heterocycles. The lowest BCUT2D eigenvalue weighted by Gasteiger charge is -2.17. The van der Waals surface area contributed by atoms with Gasteiger partial charge in [-0.3, -0.25) is 9.59 Å². The summed E-state index contributed by atoms with van der Waals surface area (Å²) >= 11 is 5.65. The van der Waals surface area contributed by atoms with Gasteiger partial charge in [0.15, 0.2) is 5.78 Å². The highest BCUT2D eigenvalue weighted by atomic mass is 35.5. The topological polar surface area (TPSA) is 46.2 Å². The maximum atomic E-state index is 12.9. The molecule has 0 aliphatic rings. The number of Topliss-reactive ketones (excluding diaryl/α,β-unsaturated/α-hetero) is 1. The largest absolute Gasteiger partial charge is 0.346 e. The molecule has 0 spiro atoms. The molecule has 5 heteroatoms. The predicted molar refractivity (Wildman–Crippen MR) is 92.5 cm³/mol. The van der Waals surface area contributed by atoms with Gasteiger partial charge in [-0.05, 0) is 36.1 Å². The summed E-state index contributed by atoms with van der Waals surface area (Å²) in [6, 6.07) is 14.8. The van der Waals surface area contributed by atoms with E-state index in [1.165, 1.54) is 12.1 Å². The van der Waals surface area contributed by atoms with Crippen LogP contribution < -0.4 is 5.32 Å². The molecule has 0 saturated carbocycles. The van der Waals surface area contributed by atoms with Gasteiger partial charge in [0.05, 0.1) is 11.9 Å². The Kier molecular flexibility index (Phi) is 6.94. The van der Waals surface area contributed by atoms with Crippen LogP contribution in [0.4, 0.5) is 4.39 Å². The molecule has 1 amide bonds. The number of rotatable bonds is 8. The van der Waals surface area contributed by atoms with E-state index < -0.39 is 6.04 Å². The fourth-order valence-electron chi connectivity index (χ4n) is 2.36. The first-order valence-electron chi connectivity index (χ1n) is 7.75. The van der Waals surface area contributed by atoms with E-state index in [2.05, 4.69) is 5.32 Å². The minimum atomic E-state index is -0.634. The van der Waals surface area contributed by atoms with Gasteiger partial charge in [0, 0.05) is 6.42 Å². The molecule has 2 aromatic carbocycles. The molecule has 2 aromatic rings. The Balaban J connectivity index is 1.91. The first kappa shape index (κ1) is 18.1. The van der Waals surface area contributed by atoms with Crippen molar-refractivity contribution in [2.75, 3.05) is 5.88 Å². The van der Waals surface area contributed by atoms with Crippen molar-refractivity contribution in [3.05, 3.63) is 71.5 Å². The number of ketones is 1. The van der Waals surface area contributed by atoms with Crippen LogP contribution >= 0.6 is 11.6 Å². The van der Waals surface area contributed by atoms with Crippen molar-refractivity contribution in [2.45, 2.75) is 25.3 Å². The highest BCUT2D eigenvalue weighted by Crippen LogP contribution is 2.08. The van der Waals surface area contributed by atoms with Crippen LogP contribution in [0.2, 0.25) is 0 Å². The Bertz CT molecular complexity index is 674. The highest BCUT2D eigenvalue weighted by Gasteiger charge is 2.20. The zero-order chi connectivity index (χ0) is 17.4. The molecule has 0 heterocycles. The first-order valence-corrected chi connectivity index (χ1v) is 8.28. The molecule has 2 rings (SSSR count). The molecule has 0 radical (unpaired) electrons. The lowest BCUT2D eigenvalue weighted by Crippen LogP contribution is -2.43. The van der Waals surface area contributed by atoms with Crippen LogP contribution in [0.1, 0.15) is 17.5 Å². The molecule has 0 aromatic heterocycles. The van der Waals surface area contributed by atoms with E-state index in [1.807, 2.05) is 30.3 Å². The smallest absolute Gasteiger partial charge is 0.220 e. The minimum Gasteiger partial charge on any atom is -0.346 e. The van der Waals surface area contributed by atoms with Gasteiger partial charge >= 0.3 is 0 Å². The van der Waals surface area contributed by atoms with Crippen LogP contribution in [-0.2, 0) is 22.4 Å². The molecule has 3 nitrogen and oxygen atoms in total. The van der Waals surface area contributed by atoms with Crippen molar-refractivity contribution in [3.8, 4) is 0 Å². The number of benzene rings is 2. The maximum absolute atomic E-state index is 12.9. The average Bonchev–Trinajstić information content (AvgIpc) is 2.61. The fraction of sp³-hybridized carbons (Fsp3) is 0.263. The number of amides is 1. The number of aryl methyl sites for hydroxylation is 1. The third-order valence-electron chi connectivity index (χ3n) is 3.69. The van der Waals surface area contributed by atoms with Gasteiger partial charge in [0.1, 0.15) is 5.82 Å².